The number of imide groups is 1. The highest BCUT2D eigenvalue weighted by Crippen LogP contribution is 2.41. The van der Waals surface area contributed by atoms with Gasteiger partial charge in [0.05, 0.1) is 42.4 Å². The van der Waals surface area contributed by atoms with Crippen LogP contribution in [0.5, 0.6) is 11.5 Å². The van der Waals surface area contributed by atoms with Crippen molar-refractivity contribution < 1.29 is 23.5 Å². The quantitative estimate of drug-likeness (QED) is 0.458. The van der Waals surface area contributed by atoms with Crippen molar-refractivity contribution in [1.29, 1.82) is 0 Å². The number of benzene rings is 2. The Balaban J connectivity index is 1.77. The van der Waals surface area contributed by atoms with Gasteiger partial charge in [0.2, 0.25) is 0 Å². The Morgan fingerprint density at radius 1 is 0.968 bits per heavy atom. The third-order valence-corrected chi connectivity index (χ3v) is 6.06. The van der Waals surface area contributed by atoms with Gasteiger partial charge in [0.25, 0.3) is 11.8 Å². The van der Waals surface area contributed by atoms with E-state index in [1.807, 2.05) is 6.07 Å². The summed E-state index contributed by atoms with van der Waals surface area (Å²) in [6.07, 6.45) is 1.57. The van der Waals surface area contributed by atoms with Gasteiger partial charge in [0, 0.05) is 23.2 Å². The number of carbonyl (C=O) groups is 2. The first-order valence-corrected chi connectivity index (χ1v) is 10.7. The molecule has 0 spiro atoms. The standard InChI is InChI=1S/C23H18ClNO5S/c1-28-18-10-16(11-19(12-18)29-2)25-22(26)20(14-5-7-15(24)8-6-14)21(23(25)27)31-13-17-4-3-9-30-17/h3-12H,13H2,1-2H3. The Hall–Kier alpha value is -3.16. The largest absolute Gasteiger partial charge is 0.497 e. The van der Waals surface area contributed by atoms with Crippen LogP contribution in [0, 0.1) is 0 Å². The fraction of sp³-hybridized carbons (Fsp3) is 0.130. The van der Waals surface area contributed by atoms with Crippen LogP contribution in [0.15, 0.2) is 70.2 Å². The van der Waals surface area contributed by atoms with Gasteiger partial charge < -0.3 is 13.9 Å². The molecule has 4 rings (SSSR count). The number of methoxy groups -OCH3 is 2. The molecule has 0 saturated carbocycles. The van der Waals surface area contributed by atoms with Gasteiger partial charge in [-0.05, 0) is 29.8 Å². The number of halogens is 1. The Kier molecular flexibility index (Phi) is 6.06. The van der Waals surface area contributed by atoms with Crippen molar-refractivity contribution in [3.63, 3.8) is 0 Å². The molecular weight excluding hydrogens is 438 g/mol. The minimum atomic E-state index is -0.426. The molecule has 6 nitrogen and oxygen atoms in total. The predicted octanol–water partition coefficient (Wildman–Crippen LogP) is 5.17. The molecule has 8 heteroatoms. The van der Waals surface area contributed by atoms with Gasteiger partial charge >= 0.3 is 0 Å². The van der Waals surface area contributed by atoms with E-state index in [0.29, 0.717) is 49.8 Å². The molecule has 0 fully saturated rings. The van der Waals surface area contributed by atoms with Crippen LogP contribution in [-0.2, 0) is 15.3 Å². The van der Waals surface area contributed by atoms with E-state index < -0.39 is 11.8 Å². The van der Waals surface area contributed by atoms with E-state index in [9.17, 15) is 9.59 Å². The van der Waals surface area contributed by atoms with Crippen LogP contribution in [0.1, 0.15) is 11.3 Å². The number of hydrogen-bond donors (Lipinski definition) is 0. The minimum absolute atomic E-state index is 0.319. The van der Waals surface area contributed by atoms with Gasteiger partial charge in [0.1, 0.15) is 17.3 Å². The van der Waals surface area contributed by atoms with Crippen molar-refractivity contribution in [2.24, 2.45) is 0 Å². The predicted molar refractivity (Wildman–Crippen MR) is 120 cm³/mol. The summed E-state index contributed by atoms with van der Waals surface area (Å²) in [7, 11) is 3.02. The molecular formula is C23H18ClNO5S. The summed E-state index contributed by atoms with van der Waals surface area (Å²) in [4.78, 5) is 28.4. The lowest BCUT2D eigenvalue weighted by molar-refractivity contribution is -0.119. The van der Waals surface area contributed by atoms with Crippen LogP contribution in [0.2, 0.25) is 5.02 Å². The van der Waals surface area contributed by atoms with Crippen LogP contribution >= 0.6 is 23.4 Å². The van der Waals surface area contributed by atoms with E-state index >= 15 is 0 Å². The van der Waals surface area contributed by atoms with Crippen LogP contribution < -0.4 is 14.4 Å². The second kappa shape index (κ2) is 8.91. The average molecular weight is 456 g/mol. The summed E-state index contributed by atoms with van der Waals surface area (Å²) in [6.45, 7) is 0. The maximum atomic E-state index is 13.5. The molecule has 1 aromatic heterocycles. The maximum Gasteiger partial charge on any atom is 0.272 e. The van der Waals surface area contributed by atoms with Crippen molar-refractivity contribution in [3.8, 4) is 11.5 Å². The SMILES string of the molecule is COc1cc(OC)cc(N2C(=O)C(SCc3ccco3)=C(c3ccc(Cl)cc3)C2=O)c1. The molecule has 0 aliphatic carbocycles. The van der Waals surface area contributed by atoms with Gasteiger partial charge in [-0.2, -0.15) is 0 Å². The molecule has 3 aromatic rings. The highest BCUT2D eigenvalue weighted by Gasteiger charge is 2.40. The molecule has 1 aliphatic rings. The van der Waals surface area contributed by atoms with Crippen LogP contribution in [0.4, 0.5) is 5.69 Å². The molecule has 1 aliphatic heterocycles. The zero-order valence-electron chi connectivity index (χ0n) is 16.8. The average Bonchev–Trinajstić information content (AvgIpc) is 3.38. The summed E-state index contributed by atoms with van der Waals surface area (Å²) in [5, 5.41) is 0.542. The van der Waals surface area contributed by atoms with Gasteiger partial charge in [-0.25, -0.2) is 4.90 Å². The van der Waals surface area contributed by atoms with E-state index in [0.717, 1.165) is 4.90 Å². The molecule has 0 bridgehead atoms. The number of hydrogen-bond acceptors (Lipinski definition) is 6. The molecule has 31 heavy (non-hydrogen) atoms. The Labute approximate surface area is 188 Å². The van der Waals surface area contributed by atoms with E-state index in [1.165, 1.54) is 26.0 Å². The highest BCUT2D eigenvalue weighted by atomic mass is 35.5. The van der Waals surface area contributed by atoms with Gasteiger partial charge in [-0.15, -0.1) is 11.8 Å². The smallest absolute Gasteiger partial charge is 0.272 e. The van der Waals surface area contributed by atoms with Crippen LogP contribution in [0.3, 0.4) is 0 Å². The molecule has 0 radical (unpaired) electrons. The first-order valence-electron chi connectivity index (χ1n) is 9.29. The second-order valence-corrected chi connectivity index (χ2v) is 8.02. The monoisotopic (exact) mass is 455 g/mol. The maximum absolute atomic E-state index is 13.5. The molecule has 2 aromatic carbocycles. The van der Waals surface area contributed by atoms with Crippen molar-refractivity contribution in [3.05, 3.63) is 82.1 Å². The van der Waals surface area contributed by atoms with Crippen LogP contribution in [-0.4, -0.2) is 26.0 Å². The van der Waals surface area contributed by atoms with Crippen molar-refractivity contribution >= 4 is 46.4 Å². The number of ether oxygens (including phenoxy) is 2. The lowest BCUT2D eigenvalue weighted by atomic mass is 10.1. The Bertz CT molecular complexity index is 1130. The zero-order valence-corrected chi connectivity index (χ0v) is 18.3. The molecule has 2 heterocycles. The number of nitrogens with zero attached hydrogens (tertiary/aromatic N) is 1. The first-order chi connectivity index (χ1) is 15.0. The van der Waals surface area contributed by atoms with E-state index in [1.54, 1.807) is 54.8 Å². The van der Waals surface area contributed by atoms with Crippen molar-refractivity contribution in [2.45, 2.75) is 5.75 Å². The van der Waals surface area contributed by atoms with E-state index in [4.69, 9.17) is 25.5 Å². The second-order valence-electron chi connectivity index (χ2n) is 6.60. The van der Waals surface area contributed by atoms with Gasteiger partial charge in [0.15, 0.2) is 0 Å². The zero-order chi connectivity index (χ0) is 22.0. The molecule has 0 atom stereocenters. The molecule has 2 amide bonds. The fourth-order valence-electron chi connectivity index (χ4n) is 3.21. The highest BCUT2D eigenvalue weighted by molar-refractivity contribution is 8.03. The minimum Gasteiger partial charge on any atom is -0.497 e. The summed E-state index contributed by atoms with van der Waals surface area (Å²) >= 11 is 7.27. The Morgan fingerprint density at radius 2 is 1.65 bits per heavy atom. The number of thioether (sulfide) groups is 1. The Morgan fingerprint density at radius 3 is 2.23 bits per heavy atom. The van der Waals surface area contributed by atoms with Crippen LogP contribution in [0.25, 0.3) is 5.57 Å². The van der Waals surface area contributed by atoms with E-state index in [-0.39, 0.29) is 0 Å². The third-order valence-electron chi connectivity index (χ3n) is 4.71. The molecule has 158 valence electrons. The van der Waals surface area contributed by atoms with Gasteiger partial charge in [-0.3, -0.25) is 9.59 Å². The summed E-state index contributed by atoms with van der Waals surface area (Å²) < 4.78 is 16.0. The first kappa shape index (κ1) is 21.1. The number of carbonyl (C=O) groups excluding carboxylic acids is 2. The summed E-state index contributed by atoms with van der Waals surface area (Å²) in [5.41, 5.74) is 1.30. The number of amides is 2. The van der Waals surface area contributed by atoms with Crippen molar-refractivity contribution in [1.82, 2.24) is 0 Å². The summed E-state index contributed by atoms with van der Waals surface area (Å²) in [6, 6.07) is 15.4. The van der Waals surface area contributed by atoms with E-state index in [2.05, 4.69) is 0 Å². The van der Waals surface area contributed by atoms with Crippen molar-refractivity contribution in [2.75, 3.05) is 19.1 Å². The van der Waals surface area contributed by atoms with Gasteiger partial charge in [-0.1, -0.05) is 23.7 Å². The molecule has 0 N–H and O–H groups in total. The number of furan rings is 1. The third kappa shape index (κ3) is 4.19. The molecule has 0 saturated heterocycles. The lowest BCUT2D eigenvalue weighted by Crippen LogP contribution is -2.31. The number of anilines is 1. The normalized spacial score (nSPS) is 13.8. The lowest BCUT2D eigenvalue weighted by Gasteiger charge is -2.17. The summed E-state index contributed by atoms with van der Waals surface area (Å²) in [5.74, 6) is 1.22. The number of rotatable bonds is 7. The molecule has 0 unspecified atom stereocenters. The topological polar surface area (TPSA) is 69.0 Å². The fourth-order valence-corrected chi connectivity index (χ4v) is 4.35.